The Labute approximate surface area is 140 Å². The van der Waals surface area contributed by atoms with Crippen molar-refractivity contribution in [2.45, 2.75) is 6.92 Å². The summed E-state index contributed by atoms with van der Waals surface area (Å²) in [6.07, 6.45) is 0. The molecule has 0 saturated carbocycles. The van der Waals surface area contributed by atoms with Crippen LogP contribution in [0.1, 0.15) is 17.3 Å². The van der Waals surface area contributed by atoms with Crippen molar-refractivity contribution in [3.63, 3.8) is 0 Å². The van der Waals surface area contributed by atoms with Crippen LogP contribution >= 0.6 is 0 Å². The number of hydrogen-bond donors (Lipinski definition) is 0. The second kappa shape index (κ2) is 5.89. The average molecular weight is 319 g/mol. The molecule has 0 fully saturated rings. The molecule has 1 aliphatic heterocycles. The minimum atomic E-state index is -0.0868. The zero-order valence-electron chi connectivity index (χ0n) is 13.4. The van der Waals surface area contributed by atoms with Gasteiger partial charge in [0.05, 0.1) is 11.3 Å². The minimum Gasteiger partial charge on any atom is -0.454 e. The highest BCUT2D eigenvalue weighted by Gasteiger charge is 2.26. The number of amides is 1. The molecule has 0 saturated heterocycles. The molecule has 3 aromatic rings. The summed E-state index contributed by atoms with van der Waals surface area (Å²) in [6, 6.07) is 19.5. The van der Waals surface area contributed by atoms with Crippen molar-refractivity contribution in [2.75, 3.05) is 18.2 Å². The highest BCUT2D eigenvalue weighted by molar-refractivity contribution is 6.12. The third kappa shape index (κ3) is 2.27. The van der Waals surface area contributed by atoms with E-state index in [1.807, 2.05) is 61.5 Å². The molecule has 1 amide bonds. The summed E-state index contributed by atoms with van der Waals surface area (Å²) in [5.41, 5.74) is 1.43. The van der Waals surface area contributed by atoms with Gasteiger partial charge in [-0.15, -0.1) is 0 Å². The normalized spacial score (nSPS) is 12.4. The van der Waals surface area contributed by atoms with Crippen LogP contribution in [0.25, 0.3) is 10.8 Å². The number of rotatable bonds is 3. The van der Waals surface area contributed by atoms with Crippen LogP contribution in [0.3, 0.4) is 0 Å². The Hall–Kier alpha value is -3.01. The van der Waals surface area contributed by atoms with E-state index in [0.717, 1.165) is 16.5 Å². The van der Waals surface area contributed by atoms with Gasteiger partial charge in [-0.25, -0.2) is 0 Å². The molecule has 0 bridgehead atoms. The maximum absolute atomic E-state index is 13.2. The first-order chi connectivity index (χ1) is 11.8. The van der Waals surface area contributed by atoms with Gasteiger partial charge in [0.2, 0.25) is 6.79 Å². The lowest BCUT2D eigenvalue weighted by molar-refractivity contribution is 0.0984. The molecule has 120 valence electrons. The van der Waals surface area contributed by atoms with Crippen LogP contribution in [-0.4, -0.2) is 19.2 Å². The lowest BCUT2D eigenvalue weighted by atomic mass is 10.1. The number of nitrogens with zero attached hydrogens (tertiary/aromatic N) is 1. The number of fused-ring (bicyclic) bond motifs is 2. The van der Waals surface area contributed by atoms with Crippen molar-refractivity contribution >= 4 is 22.4 Å². The Kier molecular flexibility index (Phi) is 3.58. The molecular weight excluding hydrogens is 302 g/mol. The van der Waals surface area contributed by atoms with Crippen LogP contribution < -0.4 is 14.4 Å². The molecule has 0 radical (unpaired) electrons. The fraction of sp³-hybridized carbons (Fsp3) is 0.150. The van der Waals surface area contributed by atoms with Crippen molar-refractivity contribution in [3.05, 3.63) is 66.2 Å². The van der Waals surface area contributed by atoms with Crippen LogP contribution in [0.4, 0.5) is 5.69 Å². The van der Waals surface area contributed by atoms with Gasteiger partial charge in [0, 0.05) is 11.9 Å². The van der Waals surface area contributed by atoms with Crippen LogP contribution in [0, 0.1) is 0 Å². The van der Waals surface area contributed by atoms with Gasteiger partial charge in [0.25, 0.3) is 5.91 Å². The Morgan fingerprint density at radius 3 is 2.67 bits per heavy atom. The second-order valence-corrected chi connectivity index (χ2v) is 5.59. The molecule has 3 aromatic carbocycles. The molecule has 0 atom stereocenters. The number of hydrogen-bond acceptors (Lipinski definition) is 3. The van der Waals surface area contributed by atoms with E-state index in [-0.39, 0.29) is 12.7 Å². The first-order valence-corrected chi connectivity index (χ1v) is 7.98. The number of anilines is 1. The summed E-state index contributed by atoms with van der Waals surface area (Å²) < 4.78 is 10.9. The molecule has 0 N–H and O–H groups in total. The van der Waals surface area contributed by atoms with Gasteiger partial charge >= 0.3 is 0 Å². The maximum atomic E-state index is 13.2. The fourth-order valence-electron chi connectivity index (χ4n) is 3.11. The van der Waals surface area contributed by atoms with Gasteiger partial charge in [-0.3, -0.25) is 4.79 Å². The standard InChI is InChI=1S/C20H17NO3/c1-2-21(17-11-5-8-14-7-3-4-9-15(14)17)20(22)16-10-6-12-18-19(16)24-13-23-18/h3-12H,2,13H2,1H3. The van der Waals surface area contributed by atoms with Gasteiger partial charge in [0.15, 0.2) is 11.5 Å². The van der Waals surface area contributed by atoms with Crippen molar-refractivity contribution in [2.24, 2.45) is 0 Å². The van der Waals surface area contributed by atoms with Crippen molar-refractivity contribution in [1.29, 1.82) is 0 Å². The monoisotopic (exact) mass is 319 g/mol. The lowest BCUT2D eigenvalue weighted by Gasteiger charge is -2.23. The number of carbonyl (C=O) groups is 1. The molecule has 1 aliphatic rings. The molecule has 4 rings (SSSR count). The molecule has 4 heteroatoms. The van der Waals surface area contributed by atoms with E-state index in [4.69, 9.17) is 9.47 Å². The third-order valence-electron chi connectivity index (χ3n) is 4.25. The van der Waals surface area contributed by atoms with Crippen LogP contribution in [-0.2, 0) is 0 Å². The first-order valence-electron chi connectivity index (χ1n) is 7.98. The number of para-hydroxylation sites is 1. The lowest BCUT2D eigenvalue weighted by Crippen LogP contribution is -2.31. The van der Waals surface area contributed by atoms with Gasteiger partial charge in [-0.05, 0) is 30.5 Å². The highest BCUT2D eigenvalue weighted by Crippen LogP contribution is 2.37. The van der Waals surface area contributed by atoms with Gasteiger partial charge < -0.3 is 14.4 Å². The Morgan fingerprint density at radius 2 is 1.79 bits per heavy atom. The first kappa shape index (κ1) is 14.6. The summed E-state index contributed by atoms with van der Waals surface area (Å²) in [7, 11) is 0. The quantitative estimate of drug-likeness (QED) is 0.725. The zero-order valence-corrected chi connectivity index (χ0v) is 13.4. The molecule has 4 nitrogen and oxygen atoms in total. The fourth-order valence-corrected chi connectivity index (χ4v) is 3.11. The minimum absolute atomic E-state index is 0.0868. The zero-order chi connectivity index (χ0) is 16.5. The van der Waals surface area contributed by atoms with E-state index in [1.165, 1.54) is 0 Å². The molecule has 0 aliphatic carbocycles. The largest absolute Gasteiger partial charge is 0.454 e. The molecular formula is C20H17NO3. The van der Waals surface area contributed by atoms with Gasteiger partial charge in [-0.1, -0.05) is 42.5 Å². The Balaban J connectivity index is 1.81. The van der Waals surface area contributed by atoms with E-state index in [1.54, 1.807) is 11.0 Å². The van der Waals surface area contributed by atoms with E-state index >= 15 is 0 Å². The number of ether oxygens (including phenoxy) is 2. The summed E-state index contributed by atoms with van der Waals surface area (Å²) in [6.45, 7) is 2.69. The molecule has 24 heavy (non-hydrogen) atoms. The van der Waals surface area contributed by atoms with Crippen molar-refractivity contribution in [3.8, 4) is 11.5 Å². The summed E-state index contributed by atoms with van der Waals surface area (Å²) >= 11 is 0. The smallest absolute Gasteiger partial charge is 0.262 e. The maximum Gasteiger partial charge on any atom is 0.262 e. The van der Waals surface area contributed by atoms with Crippen molar-refractivity contribution in [1.82, 2.24) is 0 Å². The Bertz CT molecular complexity index is 914. The topological polar surface area (TPSA) is 38.8 Å². The Morgan fingerprint density at radius 1 is 1.00 bits per heavy atom. The average Bonchev–Trinajstić information content (AvgIpc) is 3.11. The van der Waals surface area contributed by atoms with E-state index in [0.29, 0.717) is 23.6 Å². The predicted molar refractivity (Wildman–Crippen MR) is 93.9 cm³/mol. The predicted octanol–water partition coefficient (Wildman–Crippen LogP) is 4.24. The summed E-state index contributed by atoms with van der Waals surface area (Å²) in [5.74, 6) is 1.06. The molecule has 0 spiro atoms. The summed E-state index contributed by atoms with van der Waals surface area (Å²) in [4.78, 5) is 14.9. The second-order valence-electron chi connectivity index (χ2n) is 5.59. The van der Waals surface area contributed by atoms with Crippen molar-refractivity contribution < 1.29 is 14.3 Å². The molecule has 0 unspecified atom stereocenters. The van der Waals surface area contributed by atoms with Crippen LogP contribution in [0.2, 0.25) is 0 Å². The third-order valence-corrected chi connectivity index (χ3v) is 4.25. The molecule has 0 aromatic heterocycles. The molecule has 1 heterocycles. The highest BCUT2D eigenvalue weighted by atomic mass is 16.7. The van der Waals surface area contributed by atoms with E-state index in [2.05, 4.69) is 0 Å². The summed E-state index contributed by atoms with van der Waals surface area (Å²) in [5, 5.41) is 2.17. The van der Waals surface area contributed by atoms with Gasteiger partial charge in [-0.2, -0.15) is 0 Å². The van der Waals surface area contributed by atoms with Crippen LogP contribution in [0.15, 0.2) is 60.7 Å². The number of carbonyl (C=O) groups excluding carboxylic acids is 1. The SMILES string of the molecule is CCN(C(=O)c1cccc2c1OCO2)c1cccc2ccccc12. The van der Waals surface area contributed by atoms with E-state index < -0.39 is 0 Å². The van der Waals surface area contributed by atoms with Gasteiger partial charge in [0.1, 0.15) is 0 Å². The number of benzene rings is 3. The van der Waals surface area contributed by atoms with E-state index in [9.17, 15) is 4.79 Å². The van der Waals surface area contributed by atoms with Crippen LogP contribution in [0.5, 0.6) is 11.5 Å².